The first kappa shape index (κ1) is 17.7. The number of methoxy groups -OCH3 is 2. The molecule has 0 saturated heterocycles. The van der Waals surface area contributed by atoms with Gasteiger partial charge in [-0.15, -0.1) is 0 Å². The van der Waals surface area contributed by atoms with Crippen molar-refractivity contribution in [2.75, 3.05) is 20.0 Å². The highest BCUT2D eigenvalue weighted by Crippen LogP contribution is 2.40. The summed E-state index contributed by atoms with van der Waals surface area (Å²) in [6.07, 6.45) is 1.87. The number of nitrogens with two attached hydrogens (primary N) is 1. The number of hydrogen-bond acceptors (Lipinski definition) is 4. The minimum atomic E-state index is -0.137. The average molecular weight is 372 g/mol. The Balaban J connectivity index is 2.02. The summed E-state index contributed by atoms with van der Waals surface area (Å²) in [6, 6.07) is 20.6. The molecule has 5 heteroatoms. The van der Waals surface area contributed by atoms with Crippen molar-refractivity contribution in [3.05, 3.63) is 84.2 Å². The molecule has 28 heavy (non-hydrogen) atoms. The minimum absolute atomic E-state index is 0.137. The molecule has 4 rings (SSSR count). The summed E-state index contributed by atoms with van der Waals surface area (Å²) in [7, 11) is 3.15. The van der Waals surface area contributed by atoms with E-state index in [2.05, 4.69) is 0 Å². The van der Waals surface area contributed by atoms with Crippen molar-refractivity contribution in [1.82, 2.24) is 4.40 Å². The second kappa shape index (κ2) is 7.12. The SMILES string of the molecule is COc1cc(C(=O)c2c(-c3ccccc3)c(OC)c3ccccn23)ccc1N. The molecule has 2 heterocycles. The minimum Gasteiger partial charge on any atom is -0.495 e. The Bertz CT molecular complexity index is 1160. The van der Waals surface area contributed by atoms with Crippen LogP contribution in [0.4, 0.5) is 5.69 Å². The van der Waals surface area contributed by atoms with Gasteiger partial charge in [-0.1, -0.05) is 36.4 Å². The third-order valence-corrected chi connectivity index (χ3v) is 4.77. The molecule has 0 spiro atoms. The van der Waals surface area contributed by atoms with E-state index in [1.54, 1.807) is 25.3 Å². The van der Waals surface area contributed by atoms with Crippen LogP contribution in [0.1, 0.15) is 16.1 Å². The van der Waals surface area contributed by atoms with Crippen molar-refractivity contribution in [2.45, 2.75) is 0 Å². The summed E-state index contributed by atoms with van der Waals surface area (Å²) in [6.45, 7) is 0. The van der Waals surface area contributed by atoms with Gasteiger partial charge in [0.25, 0.3) is 0 Å². The first-order valence-corrected chi connectivity index (χ1v) is 8.86. The molecule has 4 aromatic rings. The van der Waals surface area contributed by atoms with E-state index >= 15 is 0 Å². The molecule has 0 bridgehead atoms. The first-order chi connectivity index (χ1) is 13.7. The zero-order valence-corrected chi connectivity index (χ0v) is 15.7. The molecule has 0 fully saturated rings. The van der Waals surface area contributed by atoms with Crippen molar-refractivity contribution in [3.8, 4) is 22.6 Å². The van der Waals surface area contributed by atoms with Crippen molar-refractivity contribution in [1.29, 1.82) is 0 Å². The predicted octanol–water partition coefficient (Wildman–Crippen LogP) is 4.44. The van der Waals surface area contributed by atoms with Gasteiger partial charge in [0, 0.05) is 11.8 Å². The Hall–Kier alpha value is -3.73. The van der Waals surface area contributed by atoms with E-state index in [9.17, 15) is 4.79 Å². The van der Waals surface area contributed by atoms with E-state index in [-0.39, 0.29) is 5.78 Å². The van der Waals surface area contributed by atoms with Gasteiger partial charge in [0.1, 0.15) is 11.4 Å². The van der Waals surface area contributed by atoms with E-state index < -0.39 is 0 Å². The number of aromatic nitrogens is 1. The molecule has 0 aliphatic carbocycles. The summed E-state index contributed by atoms with van der Waals surface area (Å²) in [4.78, 5) is 13.6. The fraction of sp³-hybridized carbons (Fsp3) is 0.0870. The van der Waals surface area contributed by atoms with Gasteiger partial charge in [0.15, 0.2) is 5.75 Å². The molecule has 2 N–H and O–H groups in total. The summed E-state index contributed by atoms with van der Waals surface area (Å²) in [5, 5.41) is 0. The maximum Gasteiger partial charge on any atom is 0.210 e. The smallest absolute Gasteiger partial charge is 0.210 e. The monoisotopic (exact) mass is 372 g/mol. The number of nitrogen functional groups attached to an aromatic ring is 1. The highest BCUT2D eigenvalue weighted by atomic mass is 16.5. The molecule has 0 atom stereocenters. The fourth-order valence-corrected chi connectivity index (χ4v) is 3.47. The van der Waals surface area contributed by atoms with Crippen molar-refractivity contribution in [2.24, 2.45) is 0 Å². The van der Waals surface area contributed by atoms with Crippen LogP contribution in [0.15, 0.2) is 72.9 Å². The number of ketones is 1. The van der Waals surface area contributed by atoms with Crippen LogP contribution in [0.5, 0.6) is 11.5 Å². The Morgan fingerprint density at radius 1 is 0.929 bits per heavy atom. The van der Waals surface area contributed by atoms with Crippen molar-refractivity contribution < 1.29 is 14.3 Å². The van der Waals surface area contributed by atoms with Gasteiger partial charge in [-0.25, -0.2) is 0 Å². The maximum absolute atomic E-state index is 13.6. The topological polar surface area (TPSA) is 66.0 Å². The molecule has 2 aromatic carbocycles. The van der Waals surface area contributed by atoms with Crippen LogP contribution in [-0.2, 0) is 0 Å². The Morgan fingerprint density at radius 2 is 1.68 bits per heavy atom. The largest absolute Gasteiger partial charge is 0.495 e. The molecular weight excluding hydrogens is 352 g/mol. The molecule has 140 valence electrons. The second-order valence-electron chi connectivity index (χ2n) is 6.36. The van der Waals surface area contributed by atoms with Gasteiger partial charge in [0.2, 0.25) is 5.78 Å². The molecule has 0 unspecified atom stereocenters. The van der Waals surface area contributed by atoms with E-state index in [0.29, 0.717) is 28.4 Å². The summed E-state index contributed by atoms with van der Waals surface area (Å²) in [5.41, 5.74) is 9.93. The van der Waals surface area contributed by atoms with Crippen LogP contribution >= 0.6 is 0 Å². The van der Waals surface area contributed by atoms with Crippen LogP contribution in [0.2, 0.25) is 0 Å². The summed E-state index contributed by atoms with van der Waals surface area (Å²) < 4.78 is 12.9. The molecule has 0 aliphatic rings. The normalized spacial score (nSPS) is 10.8. The zero-order chi connectivity index (χ0) is 19.7. The van der Waals surface area contributed by atoms with Gasteiger partial charge < -0.3 is 19.6 Å². The van der Waals surface area contributed by atoms with Crippen LogP contribution in [0.25, 0.3) is 16.6 Å². The molecule has 0 amide bonds. The summed E-state index contributed by atoms with van der Waals surface area (Å²) in [5.74, 6) is 0.999. The number of anilines is 1. The fourth-order valence-electron chi connectivity index (χ4n) is 3.47. The highest BCUT2D eigenvalue weighted by Gasteiger charge is 2.26. The van der Waals surface area contributed by atoms with Gasteiger partial charge in [-0.05, 0) is 35.9 Å². The predicted molar refractivity (Wildman–Crippen MR) is 110 cm³/mol. The molecule has 5 nitrogen and oxygen atoms in total. The Labute approximate surface area is 162 Å². The zero-order valence-electron chi connectivity index (χ0n) is 15.7. The number of carbonyl (C=O) groups excluding carboxylic acids is 1. The van der Waals surface area contributed by atoms with E-state index in [0.717, 1.165) is 16.6 Å². The number of carbonyl (C=O) groups is 1. The average Bonchev–Trinajstić information content (AvgIpc) is 3.08. The number of hydrogen-bond donors (Lipinski definition) is 1. The standard InChI is InChI=1S/C23H20N2O3/c1-27-19-14-16(11-12-17(19)24)22(26)21-20(15-8-4-3-5-9-15)23(28-2)18-10-6-7-13-25(18)21/h3-14H,24H2,1-2H3. The van der Waals surface area contributed by atoms with Gasteiger partial charge in [-0.3, -0.25) is 4.79 Å². The number of benzene rings is 2. The lowest BCUT2D eigenvalue weighted by Gasteiger charge is -2.10. The molecule has 2 aromatic heterocycles. The first-order valence-electron chi connectivity index (χ1n) is 8.86. The summed E-state index contributed by atoms with van der Waals surface area (Å²) >= 11 is 0. The van der Waals surface area contributed by atoms with Crippen LogP contribution in [0, 0.1) is 0 Å². The van der Waals surface area contributed by atoms with E-state index in [1.807, 2.05) is 59.1 Å². The Kier molecular flexibility index (Phi) is 4.49. The lowest BCUT2D eigenvalue weighted by Crippen LogP contribution is -2.07. The number of pyridine rings is 1. The van der Waals surface area contributed by atoms with Crippen molar-refractivity contribution >= 4 is 17.0 Å². The van der Waals surface area contributed by atoms with Gasteiger partial charge >= 0.3 is 0 Å². The molecule has 0 aliphatic heterocycles. The van der Waals surface area contributed by atoms with Gasteiger partial charge in [-0.2, -0.15) is 0 Å². The molecule has 0 radical (unpaired) electrons. The highest BCUT2D eigenvalue weighted by molar-refractivity contribution is 6.14. The Morgan fingerprint density at radius 3 is 2.39 bits per heavy atom. The van der Waals surface area contributed by atoms with Crippen LogP contribution in [-0.4, -0.2) is 24.4 Å². The number of nitrogens with zero attached hydrogens (tertiary/aromatic N) is 1. The van der Waals surface area contributed by atoms with Crippen LogP contribution in [0.3, 0.4) is 0 Å². The number of ether oxygens (including phenoxy) is 2. The second-order valence-corrected chi connectivity index (χ2v) is 6.36. The maximum atomic E-state index is 13.6. The number of rotatable bonds is 5. The van der Waals surface area contributed by atoms with E-state index in [1.165, 1.54) is 7.11 Å². The van der Waals surface area contributed by atoms with Crippen LogP contribution < -0.4 is 15.2 Å². The molecular formula is C23H20N2O3. The lowest BCUT2D eigenvalue weighted by atomic mass is 9.99. The number of fused-ring (bicyclic) bond motifs is 1. The van der Waals surface area contributed by atoms with E-state index in [4.69, 9.17) is 15.2 Å². The quantitative estimate of drug-likeness (QED) is 0.416. The third-order valence-electron chi connectivity index (χ3n) is 4.77. The lowest BCUT2D eigenvalue weighted by molar-refractivity contribution is 0.103. The van der Waals surface area contributed by atoms with Gasteiger partial charge in [0.05, 0.1) is 31.0 Å². The third kappa shape index (κ3) is 2.77. The van der Waals surface area contributed by atoms with Crippen molar-refractivity contribution in [3.63, 3.8) is 0 Å². The molecule has 0 saturated carbocycles.